The van der Waals surface area contributed by atoms with Crippen LogP contribution in [-0.2, 0) is 11.3 Å². The van der Waals surface area contributed by atoms with Crippen molar-refractivity contribution < 1.29 is 9.53 Å². The van der Waals surface area contributed by atoms with Gasteiger partial charge in [-0.05, 0) is 5.56 Å². The van der Waals surface area contributed by atoms with Crippen molar-refractivity contribution in [2.75, 3.05) is 31.6 Å². The second-order valence-corrected chi connectivity index (χ2v) is 6.13. The molecule has 0 aliphatic carbocycles. The van der Waals surface area contributed by atoms with E-state index < -0.39 is 0 Å². The molecule has 0 unspecified atom stereocenters. The summed E-state index contributed by atoms with van der Waals surface area (Å²) >= 11 is 1.28. The maximum atomic E-state index is 11.8. The van der Waals surface area contributed by atoms with Crippen molar-refractivity contribution in [3.05, 3.63) is 41.4 Å². The Morgan fingerprint density at radius 1 is 1.39 bits per heavy atom. The third-order valence-corrected chi connectivity index (χ3v) is 4.15. The van der Waals surface area contributed by atoms with Gasteiger partial charge >= 0.3 is 6.03 Å². The van der Waals surface area contributed by atoms with E-state index in [1.54, 1.807) is 5.51 Å². The van der Waals surface area contributed by atoms with Crippen LogP contribution in [0.5, 0.6) is 0 Å². The minimum atomic E-state index is -0.287. The predicted molar refractivity (Wildman–Crippen MR) is 88.4 cm³/mol. The molecule has 2 amide bonds. The van der Waals surface area contributed by atoms with Crippen molar-refractivity contribution >= 4 is 22.5 Å². The number of morpholine rings is 1. The molecule has 7 nitrogen and oxygen atoms in total. The fraction of sp³-hybridized carbons (Fsp3) is 0.400. The zero-order valence-corrected chi connectivity index (χ0v) is 13.5. The first-order valence-corrected chi connectivity index (χ1v) is 8.36. The highest BCUT2D eigenvalue weighted by Crippen LogP contribution is 2.10. The van der Waals surface area contributed by atoms with Crippen molar-refractivity contribution in [3.63, 3.8) is 0 Å². The Balaban J connectivity index is 1.42. The highest BCUT2D eigenvalue weighted by molar-refractivity contribution is 7.13. The summed E-state index contributed by atoms with van der Waals surface area (Å²) in [4.78, 5) is 14.1. The van der Waals surface area contributed by atoms with Crippen LogP contribution >= 0.6 is 11.3 Å². The molecule has 1 atom stereocenters. The third kappa shape index (κ3) is 4.98. The molecule has 1 aliphatic heterocycles. The maximum absolute atomic E-state index is 11.8. The van der Waals surface area contributed by atoms with Crippen LogP contribution in [-0.4, -0.2) is 53.5 Å². The largest absolute Gasteiger partial charge is 0.374 e. The molecule has 0 saturated carbocycles. The minimum absolute atomic E-state index is 0.00682. The molecule has 1 fully saturated rings. The molecule has 1 saturated heterocycles. The molecule has 0 bridgehead atoms. The molecule has 122 valence electrons. The molecule has 0 spiro atoms. The van der Waals surface area contributed by atoms with E-state index in [9.17, 15) is 4.79 Å². The van der Waals surface area contributed by atoms with Crippen LogP contribution in [0, 0.1) is 0 Å². The van der Waals surface area contributed by atoms with Crippen LogP contribution in [0.1, 0.15) is 5.56 Å². The number of nitrogens with zero attached hydrogens (tertiary/aromatic N) is 3. The van der Waals surface area contributed by atoms with Crippen LogP contribution in [0.2, 0.25) is 0 Å². The first kappa shape index (κ1) is 15.9. The van der Waals surface area contributed by atoms with Crippen LogP contribution in [0.4, 0.5) is 9.93 Å². The number of amides is 2. The molecule has 2 aromatic rings. The van der Waals surface area contributed by atoms with Gasteiger partial charge in [0, 0.05) is 26.2 Å². The molecule has 1 aromatic heterocycles. The summed E-state index contributed by atoms with van der Waals surface area (Å²) in [5, 5.41) is 13.4. The standard InChI is InChI=1S/C15H19N5O2S/c21-14(18-15-19-17-11-23-15)16-8-13-10-20(6-7-22-13)9-12-4-2-1-3-5-12/h1-5,11,13H,6-10H2,(H2,16,18,19,21)/t13-/m0/s1. The van der Waals surface area contributed by atoms with Gasteiger partial charge in [0.1, 0.15) is 5.51 Å². The van der Waals surface area contributed by atoms with E-state index in [2.05, 4.69) is 37.9 Å². The quantitative estimate of drug-likeness (QED) is 0.868. The SMILES string of the molecule is O=C(NC[C@H]1CN(Cc2ccccc2)CCO1)Nc1nncs1. The monoisotopic (exact) mass is 333 g/mol. The van der Waals surface area contributed by atoms with Crippen LogP contribution < -0.4 is 10.6 Å². The van der Waals surface area contributed by atoms with Crippen LogP contribution in [0.15, 0.2) is 35.8 Å². The number of carbonyl (C=O) groups is 1. The summed E-state index contributed by atoms with van der Waals surface area (Å²) in [7, 11) is 0. The maximum Gasteiger partial charge on any atom is 0.321 e. The number of rotatable bonds is 5. The van der Waals surface area contributed by atoms with Gasteiger partial charge in [0.2, 0.25) is 5.13 Å². The highest BCUT2D eigenvalue weighted by Gasteiger charge is 2.21. The van der Waals surface area contributed by atoms with Gasteiger partial charge in [0.25, 0.3) is 0 Å². The Labute approximate surface area is 138 Å². The number of urea groups is 1. The molecular formula is C15H19N5O2S. The molecule has 2 heterocycles. The minimum Gasteiger partial charge on any atom is -0.374 e. The first-order chi connectivity index (χ1) is 11.3. The Morgan fingerprint density at radius 2 is 2.26 bits per heavy atom. The van der Waals surface area contributed by atoms with E-state index in [-0.39, 0.29) is 12.1 Å². The number of ether oxygens (including phenoxy) is 1. The lowest BCUT2D eigenvalue weighted by molar-refractivity contribution is -0.0285. The van der Waals surface area contributed by atoms with Gasteiger partial charge < -0.3 is 10.1 Å². The van der Waals surface area contributed by atoms with Gasteiger partial charge in [-0.15, -0.1) is 10.2 Å². The van der Waals surface area contributed by atoms with Gasteiger partial charge in [-0.25, -0.2) is 4.79 Å². The average Bonchev–Trinajstić information content (AvgIpc) is 3.07. The number of benzene rings is 1. The number of carbonyl (C=O) groups excluding carboxylic acids is 1. The third-order valence-electron chi connectivity index (χ3n) is 3.54. The number of nitrogens with one attached hydrogen (secondary N) is 2. The Morgan fingerprint density at radius 3 is 3.04 bits per heavy atom. The van der Waals surface area contributed by atoms with E-state index in [4.69, 9.17) is 4.74 Å². The first-order valence-electron chi connectivity index (χ1n) is 7.48. The lowest BCUT2D eigenvalue weighted by Gasteiger charge is -2.33. The van der Waals surface area contributed by atoms with Crippen molar-refractivity contribution in [1.82, 2.24) is 20.4 Å². The Hall–Kier alpha value is -2.03. The molecule has 3 rings (SSSR count). The summed E-state index contributed by atoms with van der Waals surface area (Å²) in [6.07, 6.45) is -0.00682. The van der Waals surface area contributed by atoms with Gasteiger partial charge in [-0.3, -0.25) is 10.2 Å². The van der Waals surface area contributed by atoms with Gasteiger partial charge in [-0.2, -0.15) is 0 Å². The molecule has 8 heteroatoms. The van der Waals surface area contributed by atoms with Crippen LogP contribution in [0.25, 0.3) is 0 Å². The Kier molecular flexibility index (Phi) is 5.51. The number of hydrogen-bond acceptors (Lipinski definition) is 6. The second kappa shape index (κ2) is 8.00. The predicted octanol–water partition coefficient (Wildman–Crippen LogP) is 1.56. The molecule has 0 radical (unpaired) electrons. The van der Waals surface area contributed by atoms with Crippen LogP contribution in [0.3, 0.4) is 0 Å². The summed E-state index contributed by atoms with van der Waals surface area (Å²) in [6, 6.07) is 10.1. The zero-order valence-electron chi connectivity index (χ0n) is 12.6. The van der Waals surface area contributed by atoms with E-state index in [1.807, 2.05) is 18.2 Å². The summed E-state index contributed by atoms with van der Waals surface area (Å²) in [6.45, 7) is 3.75. The molecule has 1 aliphatic rings. The average molecular weight is 333 g/mol. The second-order valence-electron chi connectivity index (χ2n) is 5.29. The number of aromatic nitrogens is 2. The van der Waals surface area contributed by atoms with Gasteiger partial charge in [0.05, 0.1) is 12.7 Å². The van der Waals surface area contributed by atoms with E-state index in [0.29, 0.717) is 18.3 Å². The highest BCUT2D eigenvalue weighted by atomic mass is 32.1. The van der Waals surface area contributed by atoms with E-state index >= 15 is 0 Å². The van der Waals surface area contributed by atoms with Crippen molar-refractivity contribution in [2.24, 2.45) is 0 Å². The number of anilines is 1. The number of hydrogen-bond donors (Lipinski definition) is 2. The summed E-state index contributed by atoms with van der Waals surface area (Å²) < 4.78 is 5.72. The smallest absolute Gasteiger partial charge is 0.321 e. The van der Waals surface area contributed by atoms with Crippen molar-refractivity contribution in [2.45, 2.75) is 12.6 Å². The Bertz CT molecular complexity index is 608. The fourth-order valence-corrected chi connectivity index (χ4v) is 2.90. The van der Waals surface area contributed by atoms with Gasteiger partial charge in [0.15, 0.2) is 0 Å². The lowest BCUT2D eigenvalue weighted by atomic mass is 10.2. The summed E-state index contributed by atoms with van der Waals surface area (Å²) in [5.41, 5.74) is 2.86. The van der Waals surface area contributed by atoms with Crippen molar-refractivity contribution in [3.8, 4) is 0 Å². The van der Waals surface area contributed by atoms with E-state index in [0.717, 1.165) is 19.6 Å². The molecule has 2 N–H and O–H groups in total. The molecular weight excluding hydrogens is 314 g/mol. The normalized spacial score (nSPS) is 18.5. The topological polar surface area (TPSA) is 79.4 Å². The fourth-order valence-electron chi connectivity index (χ4n) is 2.46. The molecule has 23 heavy (non-hydrogen) atoms. The van der Waals surface area contributed by atoms with Crippen molar-refractivity contribution in [1.29, 1.82) is 0 Å². The summed E-state index contributed by atoms with van der Waals surface area (Å²) in [5.74, 6) is 0. The van der Waals surface area contributed by atoms with Gasteiger partial charge in [-0.1, -0.05) is 41.7 Å². The molecule has 1 aromatic carbocycles. The van der Waals surface area contributed by atoms with E-state index in [1.165, 1.54) is 16.9 Å². The lowest BCUT2D eigenvalue weighted by Crippen LogP contribution is -2.47. The zero-order chi connectivity index (χ0) is 15.9.